The van der Waals surface area contributed by atoms with E-state index < -0.39 is 0 Å². The molecular formula is C20H36Br2P4S. The van der Waals surface area contributed by atoms with Gasteiger partial charge in [-0.05, 0) is 50.9 Å². The van der Waals surface area contributed by atoms with E-state index in [1.807, 2.05) is 0 Å². The van der Waals surface area contributed by atoms with Gasteiger partial charge in [-0.25, -0.2) is 0 Å². The number of halogens is 2. The maximum Gasteiger partial charge on any atom is 0.0521 e. The molecule has 0 aromatic rings. The molecule has 5 rings (SSSR count). The topological polar surface area (TPSA) is 0 Å². The molecule has 0 aliphatic carbocycles. The molecule has 27 heavy (non-hydrogen) atoms. The van der Waals surface area contributed by atoms with Gasteiger partial charge in [0.15, 0.2) is 0 Å². The van der Waals surface area contributed by atoms with Gasteiger partial charge < -0.3 is 0 Å². The highest BCUT2D eigenvalue weighted by atomic mass is 79.9. The summed E-state index contributed by atoms with van der Waals surface area (Å²) in [6, 6.07) is 0. The van der Waals surface area contributed by atoms with Crippen molar-refractivity contribution in [3.05, 3.63) is 0 Å². The average molecular weight is 592 g/mol. The van der Waals surface area contributed by atoms with Crippen LogP contribution in [0.15, 0.2) is 0 Å². The number of rotatable bonds is 0. The van der Waals surface area contributed by atoms with Gasteiger partial charge in [0.2, 0.25) is 0 Å². The zero-order valence-corrected chi connectivity index (χ0v) is 26.5. The molecule has 8 unspecified atom stereocenters. The molecule has 156 valence electrons. The van der Waals surface area contributed by atoms with Crippen LogP contribution >= 0.6 is 69.5 Å². The lowest BCUT2D eigenvalue weighted by Crippen LogP contribution is -2.53. The van der Waals surface area contributed by atoms with Gasteiger partial charge in [0, 0.05) is 15.6 Å². The minimum Gasteiger partial charge on any atom is -0.0920 e. The third-order valence-electron chi connectivity index (χ3n) is 7.64. The summed E-state index contributed by atoms with van der Waals surface area (Å²) >= 11 is 11.5. The van der Waals surface area contributed by atoms with Crippen LogP contribution in [-0.2, 0) is 0 Å². The van der Waals surface area contributed by atoms with Crippen LogP contribution in [0, 0.1) is 21.7 Å². The molecule has 0 aromatic heterocycles. The molecule has 7 heteroatoms. The minimum absolute atomic E-state index is 0.0359. The second-order valence-corrected chi connectivity index (χ2v) is 32.0. The second-order valence-electron chi connectivity index (χ2n) is 12.9. The van der Waals surface area contributed by atoms with Crippen molar-refractivity contribution in [1.29, 1.82) is 0 Å². The minimum atomic E-state index is -0.217. The Hall–Kier alpha value is 3.03. The molecule has 5 fully saturated rings. The number of hydrogen-bond acceptors (Lipinski definition) is 1. The summed E-state index contributed by atoms with van der Waals surface area (Å²) < 4.78 is 0. The predicted molar refractivity (Wildman–Crippen MR) is 142 cm³/mol. The SMILES string of the molecule is CC(C)(C)C12P(Br)C3(C(C)(C)C)P4C1(C(C)(C)C)P(Br)SP2C43C(C)(C)C. The predicted octanol–water partition coefficient (Wildman–Crippen LogP) is 11.1. The average Bonchev–Trinajstić information content (AvgIpc) is 2.60. The molecule has 6 bridgehead atoms. The van der Waals surface area contributed by atoms with Gasteiger partial charge in [-0.2, -0.15) is 0 Å². The zero-order chi connectivity index (χ0) is 21.0. The lowest BCUT2D eigenvalue weighted by atomic mass is 9.78. The van der Waals surface area contributed by atoms with Gasteiger partial charge in [-0.3, -0.25) is 0 Å². The van der Waals surface area contributed by atoms with Gasteiger partial charge in [0.1, 0.15) is 0 Å². The fourth-order valence-corrected chi connectivity index (χ4v) is 66.4. The molecule has 0 aromatic carbocycles. The zero-order valence-electron chi connectivity index (χ0n) is 19.0. The van der Waals surface area contributed by atoms with Gasteiger partial charge >= 0.3 is 0 Å². The van der Waals surface area contributed by atoms with Crippen molar-refractivity contribution >= 4 is 69.5 Å². The van der Waals surface area contributed by atoms with E-state index in [2.05, 4.69) is 125 Å². The Bertz CT molecular complexity index is 683. The van der Waals surface area contributed by atoms with Crippen molar-refractivity contribution in [2.45, 2.75) is 103 Å². The Labute approximate surface area is 192 Å². The third kappa shape index (κ3) is 1.85. The van der Waals surface area contributed by atoms with Crippen molar-refractivity contribution in [2.24, 2.45) is 21.7 Å². The molecule has 5 aliphatic rings. The molecule has 0 N–H and O–H groups in total. The maximum absolute atomic E-state index is 4.62. The summed E-state index contributed by atoms with van der Waals surface area (Å²) in [4.78, 5) is 2.08. The quantitative estimate of drug-likeness (QED) is 0.252. The van der Waals surface area contributed by atoms with E-state index in [9.17, 15) is 0 Å². The van der Waals surface area contributed by atoms with E-state index in [0.29, 0.717) is 41.2 Å². The van der Waals surface area contributed by atoms with Crippen LogP contribution in [0.5, 0.6) is 0 Å². The van der Waals surface area contributed by atoms with E-state index >= 15 is 0 Å². The third-order valence-corrected chi connectivity index (χ3v) is 44.7. The Morgan fingerprint density at radius 2 is 0.926 bits per heavy atom. The molecule has 0 amide bonds. The molecule has 0 radical (unpaired) electrons. The highest BCUT2D eigenvalue weighted by Crippen LogP contribution is 3.36. The van der Waals surface area contributed by atoms with E-state index in [-0.39, 0.29) is 27.5 Å². The summed E-state index contributed by atoms with van der Waals surface area (Å²) in [5.74, 6) is -0.171. The first-order valence-corrected chi connectivity index (χ1v) is 21.4. The Morgan fingerprint density at radius 3 is 1.22 bits per heavy atom. The van der Waals surface area contributed by atoms with Crippen LogP contribution in [-0.4, -0.2) is 19.6 Å². The lowest BCUT2D eigenvalue weighted by molar-refractivity contribution is 0.253. The van der Waals surface area contributed by atoms with Crippen LogP contribution in [0.25, 0.3) is 0 Å². The Kier molecular flexibility index (Phi) is 4.78. The van der Waals surface area contributed by atoms with Gasteiger partial charge in [0.05, 0.1) is 9.79 Å². The van der Waals surface area contributed by atoms with Crippen molar-refractivity contribution in [2.75, 3.05) is 0 Å². The summed E-state index contributed by atoms with van der Waals surface area (Å²) in [7, 11) is -0.119. The molecule has 0 nitrogen and oxygen atoms in total. The highest BCUT2D eigenvalue weighted by molar-refractivity contribution is 9.52. The first-order valence-electron chi connectivity index (χ1n) is 9.99. The van der Waals surface area contributed by atoms with Gasteiger partial charge in [0.25, 0.3) is 0 Å². The normalized spacial score (nSPS) is 54.0. The van der Waals surface area contributed by atoms with Crippen molar-refractivity contribution in [3.8, 4) is 0 Å². The van der Waals surface area contributed by atoms with Crippen LogP contribution in [0.4, 0.5) is 0 Å². The van der Waals surface area contributed by atoms with Gasteiger partial charge in [-0.1, -0.05) is 117 Å². The van der Waals surface area contributed by atoms with Crippen molar-refractivity contribution in [1.82, 2.24) is 0 Å². The second kappa shape index (κ2) is 5.56. The number of hydrogen-bond donors (Lipinski definition) is 0. The monoisotopic (exact) mass is 590 g/mol. The van der Waals surface area contributed by atoms with Crippen LogP contribution < -0.4 is 0 Å². The maximum atomic E-state index is 4.62. The van der Waals surface area contributed by atoms with Crippen molar-refractivity contribution < 1.29 is 0 Å². The van der Waals surface area contributed by atoms with Gasteiger partial charge in [-0.15, -0.1) is 0 Å². The van der Waals surface area contributed by atoms with E-state index in [1.54, 1.807) is 0 Å². The van der Waals surface area contributed by atoms with E-state index in [1.165, 1.54) is 0 Å². The largest absolute Gasteiger partial charge is 0.0920 e. The molecule has 5 aliphatic heterocycles. The molecule has 0 spiro atoms. The molecule has 5 heterocycles. The standard InChI is InChI=1S/C20H36Br2P4S/c1-13(2,3)17-18(14(4,5)6)23(17)19(15(7,8)9)20(24(17)21,16(10,11)12)25(18)27-26(19)22/h1-12H3. The smallest absolute Gasteiger partial charge is 0.0521 e. The fraction of sp³-hybridized carbons (Fsp3) is 1.00. The molecule has 5 saturated heterocycles. The summed E-state index contributed by atoms with van der Waals surface area (Å²) in [6.45, 7) is 30.9. The first kappa shape index (κ1) is 23.2. The van der Waals surface area contributed by atoms with Crippen LogP contribution in [0.3, 0.4) is 0 Å². The van der Waals surface area contributed by atoms with Crippen molar-refractivity contribution in [3.63, 3.8) is 0 Å². The van der Waals surface area contributed by atoms with Crippen LogP contribution in [0.1, 0.15) is 83.1 Å². The Balaban J connectivity index is 2.19. The molecular weight excluding hydrogens is 556 g/mol. The molecule has 0 saturated carbocycles. The highest BCUT2D eigenvalue weighted by Gasteiger charge is 3.11. The van der Waals surface area contributed by atoms with E-state index in [0.717, 1.165) is 0 Å². The first-order chi connectivity index (χ1) is 11.8. The summed E-state index contributed by atoms with van der Waals surface area (Å²) in [5.41, 5.74) is 1.45. The van der Waals surface area contributed by atoms with Crippen LogP contribution in [0.2, 0.25) is 0 Å². The molecule has 8 atom stereocenters. The lowest BCUT2D eigenvalue weighted by Gasteiger charge is -2.56. The Morgan fingerprint density at radius 1 is 0.556 bits per heavy atom. The summed E-state index contributed by atoms with van der Waals surface area (Å²) in [5, 5.41) is 0. The fourth-order valence-electron chi connectivity index (χ4n) is 7.25. The van der Waals surface area contributed by atoms with E-state index in [4.69, 9.17) is 0 Å². The summed E-state index contributed by atoms with van der Waals surface area (Å²) in [6.07, 6.45) is 0.